The molecule has 0 unspecified atom stereocenters. The van der Waals surface area contributed by atoms with Gasteiger partial charge >= 0.3 is 0 Å². The van der Waals surface area contributed by atoms with Crippen LogP contribution in [0.1, 0.15) is 30.1 Å². The Morgan fingerprint density at radius 3 is 2.90 bits per heavy atom. The summed E-state index contributed by atoms with van der Waals surface area (Å²) in [7, 11) is 0. The van der Waals surface area contributed by atoms with Crippen molar-refractivity contribution in [2.75, 3.05) is 32.1 Å². The summed E-state index contributed by atoms with van der Waals surface area (Å²) < 4.78 is 10.8. The van der Waals surface area contributed by atoms with Crippen LogP contribution in [0.5, 0.6) is 5.75 Å². The summed E-state index contributed by atoms with van der Waals surface area (Å²) in [6, 6.07) is 7.36. The van der Waals surface area contributed by atoms with Gasteiger partial charge < -0.3 is 14.8 Å². The second-order valence-electron chi connectivity index (χ2n) is 4.87. The van der Waals surface area contributed by atoms with E-state index in [0.717, 1.165) is 31.8 Å². The zero-order valence-corrected chi connectivity index (χ0v) is 13.3. The minimum atomic E-state index is -0.0633. The lowest BCUT2D eigenvalue weighted by Gasteiger charge is -2.21. The van der Waals surface area contributed by atoms with Crippen molar-refractivity contribution >= 4 is 17.7 Å². The number of hydrogen-bond acceptors (Lipinski definition) is 4. The average molecular weight is 309 g/mol. The summed E-state index contributed by atoms with van der Waals surface area (Å²) in [6.07, 6.45) is 2.23. The molecule has 1 aliphatic heterocycles. The maximum atomic E-state index is 12.2. The van der Waals surface area contributed by atoms with Crippen molar-refractivity contribution in [1.82, 2.24) is 5.32 Å². The Morgan fingerprint density at radius 1 is 1.38 bits per heavy atom. The second kappa shape index (κ2) is 8.95. The molecule has 1 saturated heterocycles. The van der Waals surface area contributed by atoms with Crippen LogP contribution in [0.2, 0.25) is 0 Å². The Bertz CT molecular complexity index is 447. The highest BCUT2D eigenvalue weighted by molar-refractivity contribution is 7.99. The predicted octanol–water partition coefficient (Wildman–Crippen LogP) is 2.73. The quantitative estimate of drug-likeness (QED) is 0.787. The van der Waals surface area contributed by atoms with Crippen molar-refractivity contribution in [3.05, 3.63) is 29.8 Å². The molecule has 2 rings (SSSR count). The molecular formula is C16H23NO3S. The molecule has 0 atom stereocenters. The molecule has 21 heavy (non-hydrogen) atoms. The Morgan fingerprint density at radius 2 is 2.14 bits per heavy atom. The molecule has 0 spiro atoms. The number of carbonyl (C=O) groups is 1. The molecule has 1 aromatic rings. The van der Waals surface area contributed by atoms with Crippen LogP contribution in [-0.2, 0) is 4.74 Å². The van der Waals surface area contributed by atoms with Gasteiger partial charge in [0.05, 0.1) is 12.2 Å². The van der Waals surface area contributed by atoms with E-state index >= 15 is 0 Å². The lowest BCUT2D eigenvalue weighted by atomic mass is 10.2. The maximum Gasteiger partial charge on any atom is 0.255 e. The first kappa shape index (κ1) is 16.2. The molecule has 1 N–H and O–H groups in total. The predicted molar refractivity (Wildman–Crippen MR) is 86.2 cm³/mol. The molecule has 0 bridgehead atoms. The molecule has 0 aromatic heterocycles. The SMILES string of the molecule is CCOc1ccccc1C(=O)NCCSC1CCOCC1. The number of carbonyl (C=O) groups excluding carboxylic acids is 1. The lowest BCUT2D eigenvalue weighted by molar-refractivity contribution is 0.0951. The molecule has 4 nitrogen and oxygen atoms in total. The third-order valence-corrected chi connectivity index (χ3v) is 4.72. The van der Waals surface area contributed by atoms with Crippen LogP contribution in [0.4, 0.5) is 0 Å². The van der Waals surface area contributed by atoms with E-state index in [0.29, 0.717) is 29.7 Å². The fraction of sp³-hybridized carbons (Fsp3) is 0.562. The van der Waals surface area contributed by atoms with E-state index in [9.17, 15) is 4.79 Å². The standard InChI is InChI=1S/C16H23NO3S/c1-2-20-15-6-4-3-5-14(15)16(18)17-9-12-21-13-7-10-19-11-8-13/h3-6,13H,2,7-12H2,1H3,(H,17,18). The van der Waals surface area contributed by atoms with E-state index in [1.165, 1.54) is 0 Å². The number of hydrogen-bond donors (Lipinski definition) is 1. The number of para-hydroxylation sites is 1. The van der Waals surface area contributed by atoms with Crippen LogP contribution >= 0.6 is 11.8 Å². The molecule has 1 aliphatic rings. The van der Waals surface area contributed by atoms with Crippen LogP contribution < -0.4 is 10.1 Å². The van der Waals surface area contributed by atoms with Gasteiger partial charge in [0.15, 0.2) is 0 Å². The van der Waals surface area contributed by atoms with E-state index in [2.05, 4.69) is 5.32 Å². The Hall–Kier alpha value is -1.20. The first-order valence-corrected chi connectivity index (χ1v) is 8.55. The minimum absolute atomic E-state index is 0.0633. The Balaban J connectivity index is 1.74. The number of nitrogens with one attached hydrogen (secondary N) is 1. The first-order valence-electron chi connectivity index (χ1n) is 7.50. The summed E-state index contributed by atoms with van der Waals surface area (Å²) in [5.74, 6) is 1.52. The van der Waals surface area contributed by atoms with Gasteiger partial charge in [-0.05, 0) is 31.9 Å². The van der Waals surface area contributed by atoms with Crippen LogP contribution in [0.15, 0.2) is 24.3 Å². The summed E-state index contributed by atoms with van der Waals surface area (Å²) in [5, 5.41) is 3.64. The molecule has 1 aromatic carbocycles. The molecule has 116 valence electrons. The van der Waals surface area contributed by atoms with Crippen molar-refractivity contribution < 1.29 is 14.3 Å². The second-order valence-corrected chi connectivity index (χ2v) is 6.28. The number of ether oxygens (including phenoxy) is 2. The zero-order valence-electron chi connectivity index (χ0n) is 12.5. The van der Waals surface area contributed by atoms with E-state index in [1.807, 2.05) is 36.9 Å². The minimum Gasteiger partial charge on any atom is -0.493 e. The molecule has 1 heterocycles. The van der Waals surface area contributed by atoms with Gasteiger partial charge in [0.1, 0.15) is 5.75 Å². The fourth-order valence-corrected chi connectivity index (χ4v) is 3.34. The molecular weight excluding hydrogens is 286 g/mol. The number of amides is 1. The average Bonchev–Trinajstić information content (AvgIpc) is 2.53. The third kappa shape index (κ3) is 5.25. The number of benzene rings is 1. The largest absolute Gasteiger partial charge is 0.493 e. The van der Waals surface area contributed by atoms with Gasteiger partial charge in [-0.2, -0.15) is 11.8 Å². The highest BCUT2D eigenvalue weighted by Gasteiger charge is 2.14. The zero-order chi connectivity index (χ0) is 14.9. The summed E-state index contributed by atoms with van der Waals surface area (Å²) in [4.78, 5) is 12.2. The molecule has 1 amide bonds. The van der Waals surface area contributed by atoms with E-state index in [-0.39, 0.29) is 5.91 Å². The lowest BCUT2D eigenvalue weighted by Crippen LogP contribution is -2.27. The van der Waals surface area contributed by atoms with Gasteiger partial charge in [0, 0.05) is 30.8 Å². The molecule has 0 saturated carbocycles. The van der Waals surface area contributed by atoms with E-state index in [4.69, 9.17) is 9.47 Å². The van der Waals surface area contributed by atoms with Crippen molar-refractivity contribution in [3.63, 3.8) is 0 Å². The Kier molecular flexibility index (Phi) is 6.89. The van der Waals surface area contributed by atoms with Crippen molar-refractivity contribution in [1.29, 1.82) is 0 Å². The molecule has 5 heteroatoms. The van der Waals surface area contributed by atoms with Crippen LogP contribution in [0.25, 0.3) is 0 Å². The number of rotatable bonds is 7. The van der Waals surface area contributed by atoms with Crippen LogP contribution in [0, 0.1) is 0 Å². The van der Waals surface area contributed by atoms with Gasteiger partial charge in [-0.3, -0.25) is 4.79 Å². The Labute approximate surface area is 130 Å². The normalized spacial score (nSPS) is 15.7. The van der Waals surface area contributed by atoms with Crippen LogP contribution in [-0.4, -0.2) is 43.3 Å². The van der Waals surface area contributed by atoms with Crippen molar-refractivity contribution in [3.8, 4) is 5.75 Å². The van der Waals surface area contributed by atoms with Crippen LogP contribution in [0.3, 0.4) is 0 Å². The van der Waals surface area contributed by atoms with Gasteiger partial charge in [0.25, 0.3) is 5.91 Å². The summed E-state index contributed by atoms with van der Waals surface area (Å²) in [6.45, 7) is 4.89. The first-order chi connectivity index (χ1) is 10.3. The highest BCUT2D eigenvalue weighted by Crippen LogP contribution is 2.21. The summed E-state index contributed by atoms with van der Waals surface area (Å²) in [5.41, 5.74) is 0.607. The van der Waals surface area contributed by atoms with E-state index in [1.54, 1.807) is 6.07 Å². The van der Waals surface area contributed by atoms with E-state index < -0.39 is 0 Å². The molecule has 0 aliphatic carbocycles. The third-order valence-electron chi connectivity index (χ3n) is 3.34. The van der Waals surface area contributed by atoms with Gasteiger partial charge in [-0.1, -0.05) is 12.1 Å². The summed E-state index contributed by atoms with van der Waals surface area (Å²) >= 11 is 1.92. The highest BCUT2D eigenvalue weighted by atomic mass is 32.2. The van der Waals surface area contributed by atoms with Crippen molar-refractivity contribution in [2.45, 2.75) is 25.0 Å². The topological polar surface area (TPSA) is 47.6 Å². The smallest absolute Gasteiger partial charge is 0.255 e. The molecule has 0 radical (unpaired) electrons. The molecule has 1 fully saturated rings. The van der Waals surface area contributed by atoms with Gasteiger partial charge in [-0.15, -0.1) is 0 Å². The van der Waals surface area contributed by atoms with Gasteiger partial charge in [0.2, 0.25) is 0 Å². The fourth-order valence-electron chi connectivity index (χ4n) is 2.26. The van der Waals surface area contributed by atoms with Crippen molar-refractivity contribution in [2.24, 2.45) is 0 Å². The number of thioether (sulfide) groups is 1. The van der Waals surface area contributed by atoms with Gasteiger partial charge in [-0.25, -0.2) is 0 Å². The maximum absolute atomic E-state index is 12.2. The monoisotopic (exact) mass is 309 g/mol.